The van der Waals surface area contributed by atoms with Crippen LogP contribution in [-0.2, 0) is 4.79 Å². The van der Waals surface area contributed by atoms with Crippen LogP contribution >= 0.6 is 23.4 Å². The molecule has 1 aliphatic rings. The number of carbonyl (C=O) groups excluding carboxylic acids is 2. The van der Waals surface area contributed by atoms with Crippen molar-refractivity contribution in [2.75, 3.05) is 12.4 Å². The summed E-state index contributed by atoms with van der Waals surface area (Å²) in [4.78, 5) is 25.0. The average Bonchev–Trinajstić information content (AvgIpc) is 3.04. The van der Waals surface area contributed by atoms with Gasteiger partial charge in [0.25, 0.3) is 0 Å². The monoisotopic (exact) mass is 428 g/mol. The highest BCUT2D eigenvalue weighted by Crippen LogP contribution is 2.45. The van der Waals surface area contributed by atoms with Crippen molar-refractivity contribution < 1.29 is 14.3 Å². The maximum atomic E-state index is 12.8. The Kier molecular flexibility index (Phi) is 6.32. The molecule has 0 aromatic heterocycles. The summed E-state index contributed by atoms with van der Waals surface area (Å²) in [6, 6.07) is 15.0. The van der Waals surface area contributed by atoms with Gasteiger partial charge in [-0.15, -0.1) is 0 Å². The Hall–Kier alpha value is -3.15. The molecular formula is C20H17ClN4O3S. The van der Waals surface area contributed by atoms with Crippen LogP contribution in [0.1, 0.15) is 11.5 Å². The maximum absolute atomic E-state index is 12.8. The fourth-order valence-electron chi connectivity index (χ4n) is 2.97. The average molecular weight is 429 g/mol. The van der Waals surface area contributed by atoms with Crippen molar-refractivity contribution >= 4 is 41.0 Å². The number of rotatable bonds is 4. The van der Waals surface area contributed by atoms with E-state index in [0.29, 0.717) is 22.0 Å². The van der Waals surface area contributed by atoms with Gasteiger partial charge in [0.15, 0.2) is 0 Å². The van der Waals surface area contributed by atoms with Crippen LogP contribution in [0.15, 0.2) is 59.1 Å². The number of benzene rings is 2. The zero-order chi connectivity index (χ0) is 21.0. The molecule has 0 saturated heterocycles. The highest BCUT2D eigenvalue weighted by atomic mass is 35.5. The van der Waals surface area contributed by atoms with E-state index in [2.05, 4.69) is 16.7 Å². The van der Waals surface area contributed by atoms with E-state index in [1.807, 2.05) is 0 Å². The third kappa shape index (κ3) is 4.65. The number of ether oxygens (including phenoxy) is 1. The minimum Gasteiger partial charge on any atom is -0.497 e. The molecule has 2 aromatic rings. The van der Waals surface area contributed by atoms with E-state index < -0.39 is 23.1 Å². The summed E-state index contributed by atoms with van der Waals surface area (Å²) in [7, 11) is 1.55. The van der Waals surface area contributed by atoms with Crippen molar-refractivity contribution in [2.24, 2.45) is 5.73 Å². The third-order valence-electron chi connectivity index (χ3n) is 4.31. The third-order valence-corrected chi connectivity index (χ3v) is 5.76. The van der Waals surface area contributed by atoms with Gasteiger partial charge in [0.1, 0.15) is 11.0 Å². The number of nitrogens with one attached hydrogen (secondary N) is 2. The van der Waals surface area contributed by atoms with Gasteiger partial charge >= 0.3 is 6.03 Å². The Labute approximate surface area is 176 Å². The molecule has 0 radical (unpaired) electrons. The summed E-state index contributed by atoms with van der Waals surface area (Å²) in [6.07, 6.45) is 0. The van der Waals surface area contributed by atoms with Crippen molar-refractivity contribution in [3.63, 3.8) is 0 Å². The fourth-order valence-corrected chi connectivity index (χ4v) is 4.33. The van der Waals surface area contributed by atoms with Crippen LogP contribution in [0.25, 0.3) is 0 Å². The summed E-state index contributed by atoms with van der Waals surface area (Å²) in [6.45, 7) is 0. The molecule has 0 bridgehead atoms. The first kappa shape index (κ1) is 20.6. The molecule has 4 N–H and O–H groups in total. The molecule has 0 spiro atoms. The number of thioether (sulfide) groups is 1. The van der Waals surface area contributed by atoms with Gasteiger partial charge in [-0.3, -0.25) is 10.1 Å². The summed E-state index contributed by atoms with van der Waals surface area (Å²) in [5.41, 5.74) is 7.45. The normalized spacial score (nSPS) is 18.1. The number of nitrogens with two attached hydrogens (primary N) is 1. The van der Waals surface area contributed by atoms with Gasteiger partial charge < -0.3 is 15.8 Å². The molecule has 0 saturated carbocycles. The van der Waals surface area contributed by atoms with Crippen LogP contribution in [-0.4, -0.2) is 24.3 Å². The molecule has 3 amide bonds. The second kappa shape index (κ2) is 8.90. The van der Waals surface area contributed by atoms with E-state index in [4.69, 9.17) is 22.1 Å². The Morgan fingerprint density at radius 1 is 1.24 bits per heavy atom. The lowest BCUT2D eigenvalue weighted by Gasteiger charge is -2.19. The molecule has 7 nitrogen and oxygen atoms in total. The summed E-state index contributed by atoms with van der Waals surface area (Å²) >= 11 is 6.95. The summed E-state index contributed by atoms with van der Waals surface area (Å²) in [5, 5.41) is 14.3. The Bertz CT molecular complexity index is 1020. The predicted molar refractivity (Wildman–Crippen MR) is 113 cm³/mol. The van der Waals surface area contributed by atoms with E-state index in [-0.39, 0.29) is 5.03 Å². The van der Waals surface area contributed by atoms with Crippen LogP contribution in [0.4, 0.5) is 10.5 Å². The minimum absolute atomic E-state index is 0.267. The number of halogens is 1. The lowest BCUT2D eigenvalue weighted by atomic mass is 9.88. The van der Waals surface area contributed by atoms with Crippen molar-refractivity contribution in [3.8, 4) is 11.8 Å². The highest BCUT2D eigenvalue weighted by Gasteiger charge is 2.41. The van der Waals surface area contributed by atoms with E-state index in [1.54, 1.807) is 55.6 Å². The topological polar surface area (TPSA) is 117 Å². The first-order valence-corrected chi connectivity index (χ1v) is 9.76. The number of amides is 3. The number of allylic oxidation sites excluding steroid dienone is 1. The lowest BCUT2D eigenvalue weighted by Crippen LogP contribution is -2.41. The number of hydrogen-bond donors (Lipinski definition) is 3. The lowest BCUT2D eigenvalue weighted by molar-refractivity contribution is -0.119. The van der Waals surface area contributed by atoms with Crippen LogP contribution in [0.5, 0.6) is 5.75 Å². The van der Waals surface area contributed by atoms with Crippen LogP contribution in [0.3, 0.4) is 0 Å². The van der Waals surface area contributed by atoms with Crippen molar-refractivity contribution in [2.45, 2.75) is 11.2 Å². The van der Waals surface area contributed by atoms with Crippen LogP contribution in [0.2, 0.25) is 5.02 Å². The number of hydrogen-bond acceptors (Lipinski definition) is 6. The molecular weight excluding hydrogens is 412 g/mol. The number of urea groups is 1. The summed E-state index contributed by atoms with van der Waals surface area (Å²) < 4.78 is 5.15. The zero-order valence-electron chi connectivity index (χ0n) is 15.3. The molecule has 9 heteroatoms. The number of nitrogens with zero attached hydrogens (tertiary/aromatic N) is 1. The first-order valence-electron chi connectivity index (χ1n) is 8.50. The molecule has 29 heavy (non-hydrogen) atoms. The molecule has 2 atom stereocenters. The predicted octanol–water partition coefficient (Wildman–Crippen LogP) is 3.59. The number of carbonyl (C=O) groups is 2. The molecule has 3 rings (SSSR count). The maximum Gasteiger partial charge on any atom is 0.325 e. The van der Waals surface area contributed by atoms with Gasteiger partial charge in [0.2, 0.25) is 5.91 Å². The molecule has 148 valence electrons. The zero-order valence-corrected chi connectivity index (χ0v) is 16.9. The molecule has 0 unspecified atom stereocenters. The van der Waals surface area contributed by atoms with Crippen molar-refractivity contribution in [3.05, 3.63) is 69.7 Å². The SMILES string of the molecule is COc1ccc([C@@H]2C(C#N)=C(N)S[C@H]2C(=O)NC(=O)Nc2cccc(Cl)c2)cc1. The second-order valence-corrected chi connectivity index (χ2v) is 7.75. The Morgan fingerprint density at radius 3 is 2.59 bits per heavy atom. The van der Waals surface area contributed by atoms with E-state index >= 15 is 0 Å². The minimum atomic E-state index is -0.761. The largest absolute Gasteiger partial charge is 0.497 e. The van der Waals surface area contributed by atoms with Crippen LogP contribution < -0.4 is 21.1 Å². The highest BCUT2D eigenvalue weighted by molar-refractivity contribution is 8.04. The van der Waals surface area contributed by atoms with Crippen molar-refractivity contribution in [1.29, 1.82) is 5.26 Å². The van der Waals surface area contributed by atoms with Gasteiger partial charge in [-0.2, -0.15) is 5.26 Å². The van der Waals surface area contributed by atoms with Gasteiger partial charge in [-0.25, -0.2) is 4.79 Å². The van der Waals surface area contributed by atoms with Gasteiger partial charge in [0.05, 0.1) is 23.8 Å². The summed E-state index contributed by atoms with van der Waals surface area (Å²) in [5.74, 6) is -0.477. The molecule has 1 aliphatic heterocycles. The number of anilines is 1. The smallest absolute Gasteiger partial charge is 0.325 e. The molecule has 1 heterocycles. The fraction of sp³-hybridized carbons (Fsp3) is 0.150. The van der Waals surface area contributed by atoms with Gasteiger partial charge in [-0.05, 0) is 35.9 Å². The van der Waals surface area contributed by atoms with Crippen molar-refractivity contribution in [1.82, 2.24) is 5.32 Å². The quantitative estimate of drug-likeness (QED) is 0.685. The van der Waals surface area contributed by atoms with Crippen LogP contribution in [0, 0.1) is 11.3 Å². The molecule has 0 aliphatic carbocycles. The standard InChI is InChI=1S/C20H17ClN4O3S/c1-28-14-7-5-11(6-8-14)16-15(10-22)18(23)29-17(16)19(26)25-20(27)24-13-4-2-3-12(21)9-13/h2-9,16-17H,23H2,1H3,(H2,24,25,26,27)/t16-,17-/m1/s1. The van der Waals surface area contributed by atoms with E-state index in [1.165, 1.54) is 0 Å². The van der Waals surface area contributed by atoms with Gasteiger partial charge in [0, 0.05) is 16.6 Å². The molecule has 2 aromatic carbocycles. The Morgan fingerprint density at radius 2 is 1.97 bits per heavy atom. The van der Waals surface area contributed by atoms with Gasteiger partial charge in [-0.1, -0.05) is 41.6 Å². The number of nitriles is 1. The second-order valence-electron chi connectivity index (χ2n) is 6.13. The number of imide groups is 1. The van der Waals surface area contributed by atoms with E-state index in [0.717, 1.165) is 17.3 Å². The number of methoxy groups -OCH3 is 1. The Balaban J connectivity index is 1.77. The molecule has 0 fully saturated rings. The first-order chi connectivity index (χ1) is 13.9. The van der Waals surface area contributed by atoms with E-state index in [9.17, 15) is 14.9 Å².